The molecule has 0 aliphatic carbocycles. The third-order valence-corrected chi connectivity index (χ3v) is 4.05. The average molecular weight is 397 g/mol. The summed E-state index contributed by atoms with van der Waals surface area (Å²) in [5.41, 5.74) is 2.74. The van der Waals surface area contributed by atoms with E-state index in [9.17, 15) is 4.79 Å². The Hall–Kier alpha value is -3.12. The van der Waals surface area contributed by atoms with Gasteiger partial charge in [0, 0.05) is 16.4 Å². The number of anilines is 3. The van der Waals surface area contributed by atoms with Crippen molar-refractivity contribution < 1.29 is 9.53 Å². The Bertz CT molecular complexity index is 957. The molecular weight excluding hydrogens is 376 g/mol. The molecule has 0 spiro atoms. The van der Waals surface area contributed by atoms with Crippen molar-refractivity contribution in [2.24, 2.45) is 0 Å². The maximum atomic E-state index is 12.4. The lowest BCUT2D eigenvalue weighted by Crippen LogP contribution is -2.14. The van der Waals surface area contributed by atoms with Gasteiger partial charge in [0.15, 0.2) is 0 Å². The average Bonchev–Trinajstić information content (AvgIpc) is 2.66. The molecule has 0 unspecified atom stereocenters. The second-order valence-electron chi connectivity index (χ2n) is 6.52. The van der Waals surface area contributed by atoms with Crippen LogP contribution in [0.3, 0.4) is 0 Å². The zero-order chi connectivity index (χ0) is 20.1. The highest BCUT2D eigenvalue weighted by atomic mass is 35.5. The molecule has 1 aromatic heterocycles. The molecule has 0 saturated heterocycles. The number of benzene rings is 2. The van der Waals surface area contributed by atoms with Crippen LogP contribution in [0.5, 0.6) is 5.75 Å². The van der Waals surface area contributed by atoms with Gasteiger partial charge in [-0.25, -0.2) is 9.97 Å². The van der Waals surface area contributed by atoms with E-state index in [0.29, 0.717) is 16.5 Å². The van der Waals surface area contributed by atoms with Crippen molar-refractivity contribution in [3.63, 3.8) is 0 Å². The number of nitrogens with one attached hydrogen (secondary N) is 2. The van der Waals surface area contributed by atoms with E-state index < -0.39 is 0 Å². The standard InChI is InChI=1S/C21H21ClN4O2/c1-13(2)28-17-7-5-16(6-8-17)25-21(27)19-11-24-20(12-23-19)26-18-9-4-15(22)10-14(18)3/h4-13H,1-3H3,(H,24,26)(H,25,27). The number of ether oxygens (including phenoxy) is 1. The molecule has 7 heteroatoms. The van der Waals surface area contributed by atoms with Crippen LogP contribution in [0.25, 0.3) is 0 Å². The number of carbonyl (C=O) groups excluding carboxylic acids is 1. The predicted molar refractivity (Wildman–Crippen MR) is 112 cm³/mol. The maximum absolute atomic E-state index is 12.4. The summed E-state index contributed by atoms with van der Waals surface area (Å²) in [6.45, 7) is 5.86. The van der Waals surface area contributed by atoms with Crippen molar-refractivity contribution >= 4 is 34.7 Å². The summed E-state index contributed by atoms with van der Waals surface area (Å²) in [5, 5.41) is 6.62. The highest BCUT2D eigenvalue weighted by Gasteiger charge is 2.09. The van der Waals surface area contributed by atoms with Gasteiger partial charge < -0.3 is 15.4 Å². The first-order valence-corrected chi connectivity index (χ1v) is 9.22. The van der Waals surface area contributed by atoms with E-state index in [4.69, 9.17) is 16.3 Å². The first-order chi connectivity index (χ1) is 13.4. The van der Waals surface area contributed by atoms with E-state index in [0.717, 1.165) is 17.0 Å². The van der Waals surface area contributed by atoms with E-state index in [-0.39, 0.29) is 17.7 Å². The van der Waals surface area contributed by atoms with Crippen LogP contribution in [0, 0.1) is 6.92 Å². The normalized spacial score (nSPS) is 10.6. The Morgan fingerprint density at radius 3 is 2.43 bits per heavy atom. The molecule has 0 radical (unpaired) electrons. The smallest absolute Gasteiger partial charge is 0.275 e. The Balaban J connectivity index is 1.63. The van der Waals surface area contributed by atoms with Gasteiger partial charge in [-0.05, 0) is 68.8 Å². The van der Waals surface area contributed by atoms with Crippen LogP contribution >= 0.6 is 11.6 Å². The molecule has 0 aliphatic heterocycles. The van der Waals surface area contributed by atoms with E-state index >= 15 is 0 Å². The van der Waals surface area contributed by atoms with Crippen molar-refractivity contribution in [3.8, 4) is 5.75 Å². The fraction of sp³-hybridized carbons (Fsp3) is 0.190. The summed E-state index contributed by atoms with van der Waals surface area (Å²) in [7, 11) is 0. The quantitative estimate of drug-likeness (QED) is 0.597. The van der Waals surface area contributed by atoms with Crippen LogP contribution in [0.1, 0.15) is 29.9 Å². The van der Waals surface area contributed by atoms with Crippen LogP contribution in [-0.2, 0) is 0 Å². The molecule has 3 aromatic rings. The lowest BCUT2D eigenvalue weighted by atomic mass is 10.2. The number of nitrogens with zero attached hydrogens (tertiary/aromatic N) is 2. The molecule has 1 heterocycles. The molecule has 0 saturated carbocycles. The van der Waals surface area contributed by atoms with E-state index in [1.165, 1.54) is 12.4 Å². The Kier molecular flexibility index (Phi) is 6.11. The lowest BCUT2D eigenvalue weighted by molar-refractivity contribution is 0.102. The van der Waals surface area contributed by atoms with E-state index in [2.05, 4.69) is 20.6 Å². The van der Waals surface area contributed by atoms with Gasteiger partial charge in [0.2, 0.25) is 0 Å². The Morgan fingerprint density at radius 2 is 1.82 bits per heavy atom. The number of hydrogen-bond acceptors (Lipinski definition) is 5. The van der Waals surface area contributed by atoms with Crippen LogP contribution in [-0.4, -0.2) is 22.0 Å². The van der Waals surface area contributed by atoms with Crippen molar-refractivity contribution in [2.45, 2.75) is 26.9 Å². The van der Waals surface area contributed by atoms with Gasteiger partial charge in [-0.15, -0.1) is 0 Å². The van der Waals surface area contributed by atoms with Gasteiger partial charge in [-0.3, -0.25) is 4.79 Å². The summed E-state index contributed by atoms with van der Waals surface area (Å²) < 4.78 is 5.59. The highest BCUT2D eigenvalue weighted by Crippen LogP contribution is 2.22. The van der Waals surface area contributed by atoms with Gasteiger partial charge in [-0.1, -0.05) is 11.6 Å². The summed E-state index contributed by atoms with van der Waals surface area (Å²) >= 11 is 5.97. The minimum absolute atomic E-state index is 0.0968. The van der Waals surface area contributed by atoms with Gasteiger partial charge in [-0.2, -0.15) is 0 Å². The number of amides is 1. The van der Waals surface area contributed by atoms with Crippen LogP contribution in [0.4, 0.5) is 17.2 Å². The van der Waals surface area contributed by atoms with E-state index in [1.54, 1.807) is 18.2 Å². The Labute approximate surface area is 168 Å². The predicted octanol–water partition coefficient (Wildman–Crippen LogP) is 5.22. The van der Waals surface area contributed by atoms with E-state index in [1.807, 2.05) is 45.0 Å². The molecule has 2 N–H and O–H groups in total. The largest absolute Gasteiger partial charge is 0.491 e. The second kappa shape index (κ2) is 8.71. The van der Waals surface area contributed by atoms with Crippen molar-refractivity contribution in [1.29, 1.82) is 0 Å². The van der Waals surface area contributed by atoms with Crippen molar-refractivity contribution in [2.75, 3.05) is 10.6 Å². The Morgan fingerprint density at radius 1 is 1.07 bits per heavy atom. The monoisotopic (exact) mass is 396 g/mol. The number of aromatic nitrogens is 2. The molecule has 1 amide bonds. The lowest BCUT2D eigenvalue weighted by Gasteiger charge is -2.11. The topological polar surface area (TPSA) is 76.1 Å². The fourth-order valence-electron chi connectivity index (χ4n) is 2.50. The maximum Gasteiger partial charge on any atom is 0.275 e. The first-order valence-electron chi connectivity index (χ1n) is 8.84. The molecule has 2 aromatic carbocycles. The van der Waals surface area contributed by atoms with Crippen molar-refractivity contribution in [3.05, 3.63) is 71.1 Å². The van der Waals surface area contributed by atoms with Gasteiger partial charge in [0.25, 0.3) is 5.91 Å². The van der Waals surface area contributed by atoms with Gasteiger partial charge in [0.05, 0.1) is 18.5 Å². The number of halogens is 1. The molecule has 144 valence electrons. The highest BCUT2D eigenvalue weighted by molar-refractivity contribution is 6.30. The summed E-state index contributed by atoms with van der Waals surface area (Å²) in [6.07, 6.45) is 3.04. The number of hydrogen-bond donors (Lipinski definition) is 2. The summed E-state index contributed by atoms with van der Waals surface area (Å²) in [6, 6.07) is 12.7. The zero-order valence-corrected chi connectivity index (χ0v) is 16.6. The molecule has 6 nitrogen and oxygen atoms in total. The minimum Gasteiger partial charge on any atom is -0.491 e. The summed E-state index contributed by atoms with van der Waals surface area (Å²) in [4.78, 5) is 20.8. The SMILES string of the molecule is Cc1cc(Cl)ccc1Nc1cnc(C(=O)Nc2ccc(OC(C)C)cc2)cn1. The number of aryl methyl sites for hydroxylation is 1. The molecule has 3 rings (SSSR count). The van der Waals surface area contributed by atoms with Gasteiger partial charge in [0.1, 0.15) is 17.3 Å². The second-order valence-corrected chi connectivity index (χ2v) is 6.95. The third kappa shape index (κ3) is 5.20. The molecule has 28 heavy (non-hydrogen) atoms. The number of carbonyl (C=O) groups is 1. The van der Waals surface area contributed by atoms with Crippen LogP contribution in [0.2, 0.25) is 5.02 Å². The molecule has 0 aliphatic rings. The third-order valence-electron chi connectivity index (χ3n) is 3.82. The zero-order valence-electron chi connectivity index (χ0n) is 15.9. The molecule has 0 fully saturated rings. The molecule has 0 bridgehead atoms. The molecular formula is C21H21ClN4O2. The minimum atomic E-state index is -0.334. The van der Waals surface area contributed by atoms with Crippen molar-refractivity contribution in [1.82, 2.24) is 9.97 Å². The first kappa shape index (κ1) is 19.6. The number of rotatable bonds is 6. The van der Waals surface area contributed by atoms with Crippen LogP contribution in [0.15, 0.2) is 54.9 Å². The summed E-state index contributed by atoms with van der Waals surface area (Å²) in [5.74, 6) is 0.956. The molecule has 0 atom stereocenters. The fourth-order valence-corrected chi connectivity index (χ4v) is 2.73. The van der Waals surface area contributed by atoms with Gasteiger partial charge >= 0.3 is 0 Å². The van der Waals surface area contributed by atoms with Crippen LogP contribution < -0.4 is 15.4 Å².